The van der Waals surface area contributed by atoms with E-state index in [1.165, 1.54) is 11.8 Å². The Hall–Kier alpha value is -3.72. The number of hydrogen-bond donors (Lipinski definition) is 1. The number of thioether (sulfide) groups is 1. The molecule has 0 radical (unpaired) electrons. The van der Waals surface area contributed by atoms with Crippen LogP contribution in [0.25, 0.3) is 17.3 Å². The molecule has 1 amide bonds. The predicted octanol–water partition coefficient (Wildman–Crippen LogP) is 4.67. The maximum atomic E-state index is 12.5. The number of anilines is 1. The summed E-state index contributed by atoms with van der Waals surface area (Å²) in [6.45, 7) is 2.52. The molecular weight excluding hydrogens is 428 g/mol. The zero-order valence-electron chi connectivity index (χ0n) is 17.6. The molecule has 0 aliphatic carbocycles. The molecule has 0 bridgehead atoms. The summed E-state index contributed by atoms with van der Waals surface area (Å²) in [6.07, 6.45) is 1.58. The van der Waals surface area contributed by atoms with Gasteiger partial charge >= 0.3 is 0 Å². The first-order chi connectivity index (χ1) is 15.7. The molecule has 32 heavy (non-hydrogen) atoms. The lowest BCUT2D eigenvalue weighted by molar-refractivity contribution is -0.113. The third kappa shape index (κ3) is 4.94. The van der Waals surface area contributed by atoms with Crippen LogP contribution in [0.5, 0.6) is 11.5 Å². The Bertz CT molecular complexity index is 1160. The van der Waals surface area contributed by atoms with Gasteiger partial charge in [0.05, 0.1) is 31.4 Å². The topological polar surface area (TPSA) is 91.4 Å². The normalized spacial score (nSPS) is 10.7. The second-order valence-electron chi connectivity index (χ2n) is 6.61. The number of benzene rings is 2. The van der Waals surface area contributed by atoms with Crippen molar-refractivity contribution in [2.45, 2.75) is 12.1 Å². The quantitative estimate of drug-likeness (QED) is 0.371. The van der Waals surface area contributed by atoms with Crippen molar-refractivity contribution in [3.8, 4) is 28.8 Å². The Kier molecular flexibility index (Phi) is 6.76. The molecule has 1 N–H and O–H groups in total. The van der Waals surface area contributed by atoms with Gasteiger partial charge in [-0.3, -0.25) is 9.36 Å². The number of hydrogen-bond acceptors (Lipinski definition) is 7. The molecule has 4 rings (SSSR count). The Labute approximate surface area is 189 Å². The Morgan fingerprint density at radius 1 is 1.06 bits per heavy atom. The number of methoxy groups -OCH3 is 1. The van der Waals surface area contributed by atoms with Gasteiger partial charge in [-0.05, 0) is 67.6 Å². The fourth-order valence-electron chi connectivity index (χ4n) is 3.02. The van der Waals surface area contributed by atoms with E-state index >= 15 is 0 Å². The van der Waals surface area contributed by atoms with E-state index < -0.39 is 0 Å². The van der Waals surface area contributed by atoms with Crippen LogP contribution in [0.3, 0.4) is 0 Å². The first-order valence-corrected chi connectivity index (χ1v) is 11.0. The highest BCUT2D eigenvalue weighted by molar-refractivity contribution is 7.99. The minimum absolute atomic E-state index is 0.150. The third-order valence-corrected chi connectivity index (χ3v) is 5.42. The van der Waals surface area contributed by atoms with Crippen LogP contribution in [0.15, 0.2) is 76.5 Å². The van der Waals surface area contributed by atoms with Gasteiger partial charge in [0.2, 0.25) is 11.7 Å². The first-order valence-electron chi connectivity index (χ1n) is 9.97. The SMILES string of the molecule is CCOc1ccc(NC(=O)CSc2nnc(-c3ccco3)n2-c2ccc(OC)cc2)cc1. The zero-order chi connectivity index (χ0) is 22.3. The molecule has 0 unspecified atom stereocenters. The number of carbonyl (C=O) groups is 1. The van der Waals surface area contributed by atoms with Gasteiger partial charge in [0, 0.05) is 5.69 Å². The van der Waals surface area contributed by atoms with Crippen LogP contribution in [0.2, 0.25) is 0 Å². The second-order valence-corrected chi connectivity index (χ2v) is 7.55. The van der Waals surface area contributed by atoms with Gasteiger partial charge in [-0.2, -0.15) is 0 Å². The van der Waals surface area contributed by atoms with E-state index in [1.54, 1.807) is 19.4 Å². The molecule has 0 fully saturated rings. The lowest BCUT2D eigenvalue weighted by atomic mass is 10.3. The van der Waals surface area contributed by atoms with Crippen molar-refractivity contribution < 1.29 is 18.7 Å². The number of nitrogens with zero attached hydrogens (tertiary/aromatic N) is 3. The maximum absolute atomic E-state index is 12.5. The molecule has 0 spiro atoms. The van der Waals surface area contributed by atoms with Gasteiger partial charge in [-0.15, -0.1) is 10.2 Å². The van der Waals surface area contributed by atoms with E-state index in [4.69, 9.17) is 13.9 Å². The molecule has 0 aliphatic rings. The molecule has 9 heteroatoms. The largest absolute Gasteiger partial charge is 0.497 e. The average molecular weight is 451 g/mol. The summed E-state index contributed by atoms with van der Waals surface area (Å²) in [6, 6.07) is 18.4. The number of furan rings is 1. The van der Waals surface area contributed by atoms with Crippen LogP contribution in [0.1, 0.15) is 6.92 Å². The Morgan fingerprint density at radius 3 is 2.47 bits per heavy atom. The van der Waals surface area contributed by atoms with E-state index in [-0.39, 0.29) is 11.7 Å². The zero-order valence-corrected chi connectivity index (χ0v) is 18.5. The fourth-order valence-corrected chi connectivity index (χ4v) is 3.77. The summed E-state index contributed by atoms with van der Waals surface area (Å²) >= 11 is 1.29. The predicted molar refractivity (Wildman–Crippen MR) is 123 cm³/mol. The van der Waals surface area contributed by atoms with Crippen LogP contribution >= 0.6 is 11.8 Å². The number of carbonyl (C=O) groups excluding carboxylic acids is 1. The van der Waals surface area contributed by atoms with E-state index in [0.717, 1.165) is 17.2 Å². The molecule has 2 aromatic carbocycles. The van der Waals surface area contributed by atoms with Crippen LogP contribution < -0.4 is 14.8 Å². The van der Waals surface area contributed by atoms with Gasteiger partial charge in [-0.25, -0.2) is 0 Å². The summed E-state index contributed by atoms with van der Waals surface area (Å²) in [5, 5.41) is 12.0. The van der Waals surface area contributed by atoms with Gasteiger partial charge in [0.25, 0.3) is 0 Å². The van der Waals surface area contributed by atoms with Gasteiger partial charge in [0.15, 0.2) is 10.9 Å². The first kappa shape index (κ1) is 21.5. The van der Waals surface area contributed by atoms with E-state index in [1.807, 2.05) is 66.1 Å². The molecule has 0 saturated heterocycles. The number of nitrogens with one attached hydrogen (secondary N) is 1. The molecule has 2 heterocycles. The molecule has 0 atom stereocenters. The van der Waals surface area contributed by atoms with Gasteiger partial charge < -0.3 is 19.2 Å². The Morgan fingerprint density at radius 2 is 1.81 bits per heavy atom. The van der Waals surface area contributed by atoms with E-state index in [2.05, 4.69) is 15.5 Å². The molecule has 0 saturated carbocycles. The minimum atomic E-state index is -0.150. The van der Waals surface area contributed by atoms with Gasteiger partial charge in [0.1, 0.15) is 11.5 Å². The van der Waals surface area contributed by atoms with E-state index in [0.29, 0.717) is 29.0 Å². The van der Waals surface area contributed by atoms with Crippen LogP contribution in [-0.2, 0) is 4.79 Å². The monoisotopic (exact) mass is 450 g/mol. The van der Waals surface area contributed by atoms with Crippen molar-refractivity contribution in [3.63, 3.8) is 0 Å². The molecule has 8 nitrogen and oxygen atoms in total. The van der Waals surface area contributed by atoms with Crippen molar-refractivity contribution in [1.29, 1.82) is 0 Å². The van der Waals surface area contributed by atoms with Crippen molar-refractivity contribution in [2.24, 2.45) is 0 Å². The molecular formula is C23H22N4O4S. The second kappa shape index (κ2) is 10.1. The average Bonchev–Trinajstić information content (AvgIpc) is 3.49. The molecule has 4 aromatic rings. The summed E-state index contributed by atoms with van der Waals surface area (Å²) in [4.78, 5) is 12.5. The summed E-state index contributed by atoms with van der Waals surface area (Å²) < 4.78 is 18.1. The number of aromatic nitrogens is 3. The molecule has 0 aliphatic heterocycles. The highest BCUT2D eigenvalue weighted by Gasteiger charge is 2.19. The highest BCUT2D eigenvalue weighted by atomic mass is 32.2. The van der Waals surface area contributed by atoms with Crippen molar-refractivity contribution in [3.05, 3.63) is 66.9 Å². The number of rotatable bonds is 9. The van der Waals surface area contributed by atoms with Crippen LogP contribution in [0, 0.1) is 0 Å². The summed E-state index contributed by atoms with van der Waals surface area (Å²) in [5.74, 6) is 2.65. The molecule has 2 aromatic heterocycles. The maximum Gasteiger partial charge on any atom is 0.234 e. The summed E-state index contributed by atoms with van der Waals surface area (Å²) in [5.41, 5.74) is 1.53. The fraction of sp³-hybridized carbons (Fsp3) is 0.174. The Balaban J connectivity index is 1.51. The highest BCUT2D eigenvalue weighted by Crippen LogP contribution is 2.29. The summed E-state index contributed by atoms with van der Waals surface area (Å²) in [7, 11) is 1.62. The standard InChI is InChI=1S/C23H22N4O4S/c1-3-30-19-10-6-16(7-11-19)24-21(28)15-32-23-26-25-22(20-5-4-14-31-20)27(23)17-8-12-18(29-2)13-9-17/h4-14H,3,15H2,1-2H3,(H,24,28). The van der Waals surface area contributed by atoms with E-state index in [9.17, 15) is 4.79 Å². The molecule has 164 valence electrons. The lowest BCUT2D eigenvalue weighted by Gasteiger charge is -2.10. The van der Waals surface area contributed by atoms with Crippen molar-refractivity contribution >= 4 is 23.4 Å². The number of amides is 1. The smallest absolute Gasteiger partial charge is 0.234 e. The third-order valence-electron chi connectivity index (χ3n) is 4.49. The van der Waals surface area contributed by atoms with Crippen LogP contribution in [0.4, 0.5) is 5.69 Å². The van der Waals surface area contributed by atoms with Gasteiger partial charge in [-0.1, -0.05) is 11.8 Å². The minimum Gasteiger partial charge on any atom is -0.497 e. The lowest BCUT2D eigenvalue weighted by Crippen LogP contribution is -2.14. The van der Waals surface area contributed by atoms with Crippen molar-refractivity contribution in [1.82, 2.24) is 14.8 Å². The van der Waals surface area contributed by atoms with Crippen LogP contribution in [-0.4, -0.2) is 40.1 Å². The number of ether oxygens (including phenoxy) is 2. The van der Waals surface area contributed by atoms with Crippen molar-refractivity contribution in [2.75, 3.05) is 24.8 Å².